The lowest BCUT2D eigenvalue weighted by Crippen LogP contribution is -2.37. The second-order valence-corrected chi connectivity index (χ2v) is 9.84. The summed E-state index contributed by atoms with van der Waals surface area (Å²) in [5.74, 6) is -0.207. The van der Waals surface area contributed by atoms with Crippen LogP contribution in [0.4, 0.5) is 5.13 Å². The van der Waals surface area contributed by atoms with E-state index in [0.717, 1.165) is 5.56 Å². The first kappa shape index (κ1) is 22.2. The van der Waals surface area contributed by atoms with Gasteiger partial charge in [0.25, 0.3) is 15.9 Å². The predicted octanol–water partition coefficient (Wildman–Crippen LogP) is 3.77. The van der Waals surface area contributed by atoms with Crippen molar-refractivity contribution >= 4 is 44.0 Å². The summed E-state index contributed by atoms with van der Waals surface area (Å²) in [6.45, 7) is 3.99. The minimum atomic E-state index is -3.76. The fourth-order valence-corrected chi connectivity index (χ4v) is 5.57. The second kappa shape index (κ2) is 9.55. The summed E-state index contributed by atoms with van der Waals surface area (Å²) in [6.07, 6.45) is 0.566. The van der Waals surface area contributed by atoms with E-state index < -0.39 is 10.0 Å². The number of rotatable bonds is 8. The van der Waals surface area contributed by atoms with E-state index in [1.54, 1.807) is 62.4 Å². The van der Waals surface area contributed by atoms with Gasteiger partial charge in [-0.2, -0.15) is 0 Å². The molecule has 2 aromatic carbocycles. The van der Waals surface area contributed by atoms with Gasteiger partial charge in [0.05, 0.1) is 4.90 Å². The maximum atomic E-state index is 13.1. The monoisotopic (exact) mass is 464 g/mol. The van der Waals surface area contributed by atoms with Crippen LogP contribution in [0.15, 0.2) is 58.9 Å². The fourth-order valence-electron chi connectivity index (χ4n) is 2.86. The Kier molecular flexibility index (Phi) is 7.06. The van der Waals surface area contributed by atoms with Crippen molar-refractivity contribution in [2.24, 2.45) is 0 Å². The molecule has 0 aliphatic carbocycles. The highest BCUT2D eigenvalue weighted by Crippen LogP contribution is 2.27. The van der Waals surface area contributed by atoms with Gasteiger partial charge in [0.2, 0.25) is 5.13 Å². The van der Waals surface area contributed by atoms with E-state index in [1.165, 1.54) is 21.2 Å². The molecule has 0 radical (unpaired) electrons. The van der Waals surface area contributed by atoms with Crippen molar-refractivity contribution in [2.45, 2.75) is 31.2 Å². The Bertz CT molecular complexity index is 1100. The van der Waals surface area contributed by atoms with Gasteiger partial charge in [-0.15, -0.1) is 10.2 Å². The maximum absolute atomic E-state index is 13.1. The summed E-state index contributed by atoms with van der Waals surface area (Å²) < 4.78 is 27.4. The molecule has 0 spiro atoms. The van der Waals surface area contributed by atoms with Crippen LogP contribution in [-0.2, 0) is 16.4 Å². The molecule has 7 nitrogen and oxygen atoms in total. The first-order chi connectivity index (χ1) is 14.3. The van der Waals surface area contributed by atoms with E-state index in [0.29, 0.717) is 28.7 Å². The molecule has 0 fully saturated rings. The Morgan fingerprint density at radius 2 is 1.93 bits per heavy atom. The number of benzene rings is 2. The zero-order chi connectivity index (χ0) is 21.7. The van der Waals surface area contributed by atoms with Crippen LogP contribution in [0.3, 0.4) is 0 Å². The normalized spacial score (nSPS) is 11.5. The van der Waals surface area contributed by atoms with Gasteiger partial charge in [-0.25, -0.2) is 12.7 Å². The molecule has 1 N–H and O–H groups in total. The standard InChI is InChI=1S/C20H21ClN4O3S2/c1-14(2)25(20-24-23-13-29-20)30(27,28)18-8-6-15(7-9-18)10-11-22-19(26)16-4-3-5-17(21)12-16/h3-9,12-14H,10-11H2,1-2H3,(H,22,26). The summed E-state index contributed by atoms with van der Waals surface area (Å²) in [5.41, 5.74) is 2.91. The van der Waals surface area contributed by atoms with Gasteiger partial charge in [-0.05, 0) is 56.2 Å². The van der Waals surface area contributed by atoms with E-state index in [9.17, 15) is 13.2 Å². The fraction of sp³-hybridized carbons (Fsp3) is 0.250. The molecule has 1 amide bonds. The molecule has 0 aliphatic heterocycles. The van der Waals surface area contributed by atoms with E-state index in [-0.39, 0.29) is 16.8 Å². The first-order valence-corrected chi connectivity index (χ1v) is 11.9. The maximum Gasteiger partial charge on any atom is 0.266 e. The van der Waals surface area contributed by atoms with Crippen molar-refractivity contribution < 1.29 is 13.2 Å². The summed E-state index contributed by atoms with van der Waals surface area (Å²) in [4.78, 5) is 12.3. The van der Waals surface area contributed by atoms with E-state index >= 15 is 0 Å². The smallest absolute Gasteiger partial charge is 0.266 e. The lowest BCUT2D eigenvalue weighted by molar-refractivity contribution is 0.0954. The molecule has 30 heavy (non-hydrogen) atoms. The van der Waals surface area contributed by atoms with Crippen molar-refractivity contribution in [2.75, 3.05) is 10.8 Å². The third-order valence-electron chi connectivity index (χ3n) is 4.27. The van der Waals surface area contributed by atoms with Gasteiger partial charge >= 0.3 is 0 Å². The summed E-state index contributed by atoms with van der Waals surface area (Å²) in [6, 6.07) is 13.1. The van der Waals surface area contributed by atoms with Crippen molar-refractivity contribution in [3.8, 4) is 0 Å². The molecule has 0 atom stereocenters. The van der Waals surface area contributed by atoms with E-state index in [2.05, 4.69) is 15.5 Å². The quantitative estimate of drug-likeness (QED) is 0.547. The van der Waals surface area contributed by atoms with Crippen molar-refractivity contribution in [1.82, 2.24) is 15.5 Å². The van der Waals surface area contributed by atoms with Gasteiger partial charge in [0.1, 0.15) is 5.51 Å². The zero-order valence-electron chi connectivity index (χ0n) is 16.4. The number of carbonyl (C=O) groups is 1. The van der Waals surface area contributed by atoms with Crippen LogP contribution in [0.25, 0.3) is 0 Å². The highest BCUT2D eigenvalue weighted by atomic mass is 35.5. The Hall–Kier alpha value is -2.49. The molecule has 3 aromatic rings. The molecule has 1 heterocycles. The van der Waals surface area contributed by atoms with Gasteiger partial charge in [-0.3, -0.25) is 4.79 Å². The largest absolute Gasteiger partial charge is 0.352 e. The number of amides is 1. The Morgan fingerprint density at radius 1 is 1.20 bits per heavy atom. The number of nitrogens with one attached hydrogen (secondary N) is 1. The van der Waals surface area contributed by atoms with Gasteiger partial charge in [0.15, 0.2) is 0 Å². The van der Waals surface area contributed by atoms with Crippen LogP contribution >= 0.6 is 22.9 Å². The molecule has 1 aromatic heterocycles. The van der Waals surface area contributed by atoms with Crippen molar-refractivity contribution in [3.63, 3.8) is 0 Å². The van der Waals surface area contributed by atoms with Gasteiger partial charge in [-0.1, -0.05) is 41.1 Å². The number of aromatic nitrogens is 2. The predicted molar refractivity (Wildman–Crippen MR) is 119 cm³/mol. The topological polar surface area (TPSA) is 92.3 Å². The molecule has 3 rings (SSSR count). The molecule has 0 unspecified atom stereocenters. The Morgan fingerprint density at radius 3 is 2.53 bits per heavy atom. The molecular weight excluding hydrogens is 444 g/mol. The number of nitrogens with zero attached hydrogens (tertiary/aromatic N) is 3. The van der Waals surface area contributed by atoms with Crippen LogP contribution in [0.2, 0.25) is 5.02 Å². The Labute approximate surface area is 184 Å². The first-order valence-electron chi connectivity index (χ1n) is 9.22. The molecule has 10 heteroatoms. The zero-order valence-corrected chi connectivity index (χ0v) is 18.8. The minimum Gasteiger partial charge on any atom is -0.352 e. The van der Waals surface area contributed by atoms with Gasteiger partial charge in [0, 0.05) is 23.2 Å². The SMILES string of the molecule is CC(C)N(c1nncs1)S(=O)(=O)c1ccc(CCNC(=O)c2cccc(Cl)c2)cc1. The average Bonchev–Trinajstić information content (AvgIpc) is 3.21. The van der Waals surface area contributed by atoms with E-state index in [1.807, 2.05) is 0 Å². The highest BCUT2D eigenvalue weighted by molar-refractivity contribution is 7.93. The third kappa shape index (κ3) is 5.16. The molecule has 0 aliphatic rings. The van der Waals surface area contributed by atoms with Crippen LogP contribution in [0.5, 0.6) is 0 Å². The Balaban J connectivity index is 1.65. The van der Waals surface area contributed by atoms with Gasteiger partial charge < -0.3 is 5.32 Å². The number of carbonyl (C=O) groups excluding carboxylic acids is 1. The summed E-state index contributed by atoms with van der Waals surface area (Å²) >= 11 is 7.08. The molecular formula is C20H21ClN4O3S2. The summed E-state index contributed by atoms with van der Waals surface area (Å²) in [5, 5.41) is 11.3. The lowest BCUT2D eigenvalue weighted by Gasteiger charge is -2.25. The number of halogens is 1. The van der Waals surface area contributed by atoms with Crippen molar-refractivity contribution in [1.29, 1.82) is 0 Å². The average molecular weight is 465 g/mol. The molecule has 0 saturated carbocycles. The highest BCUT2D eigenvalue weighted by Gasteiger charge is 2.29. The molecule has 0 saturated heterocycles. The molecule has 0 bridgehead atoms. The van der Waals surface area contributed by atoms with Crippen LogP contribution in [-0.4, -0.2) is 37.1 Å². The molecule has 158 valence electrons. The summed E-state index contributed by atoms with van der Waals surface area (Å²) in [7, 11) is -3.76. The third-order valence-corrected chi connectivity index (χ3v) is 7.29. The van der Waals surface area contributed by atoms with Crippen LogP contribution in [0, 0.1) is 0 Å². The number of anilines is 1. The second-order valence-electron chi connectivity index (χ2n) is 6.78. The number of sulfonamides is 1. The van der Waals surface area contributed by atoms with E-state index in [4.69, 9.17) is 11.6 Å². The van der Waals surface area contributed by atoms with Crippen molar-refractivity contribution in [3.05, 3.63) is 70.2 Å². The number of hydrogen-bond acceptors (Lipinski definition) is 6. The number of hydrogen-bond donors (Lipinski definition) is 1. The van der Waals surface area contributed by atoms with Crippen LogP contribution in [0.1, 0.15) is 29.8 Å². The van der Waals surface area contributed by atoms with Crippen LogP contribution < -0.4 is 9.62 Å². The minimum absolute atomic E-state index is 0.179. The lowest BCUT2D eigenvalue weighted by atomic mass is 10.1.